The SMILES string of the molecule is C#CCN(CC(=O)O)C(=O)c1ccc(Cl)cc1Br. The van der Waals surface area contributed by atoms with E-state index >= 15 is 0 Å². The highest BCUT2D eigenvalue weighted by Gasteiger charge is 2.19. The third kappa shape index (κ3) is 3.76. The highest BCUT2D eigenvalue weighted by molar-refractivity contribution is 9.10. The molecule has 0 aliphatic rings. The average Bonchev–Trinajstić information content (AvgIpc) is 2.27. The molecule has 4 nitrogen and oxygen atoms in total. The molecule has 0 fully saturated rings. The van der Waals surface area contributed by atoms with Crippen LogP contribution in [0.25, 0.3) is 0 Å². The third-order valence-corrected chi connectivity index (χ3v) is 2.95. The van der Waals surface area contributed by atoms with Crippen LogP contribution in [0.4, 0.5) is 0 Å². The summed E-state index contributed by atoms with van der Waals surface area (Å²) in [4.78, 5) is 23.8. The molecule has 0 aromatic heterocycles. The predicted molar refractivity (Wildman–Crippen MR) is 71.5 cm³/mol. The summed E-state index contributed by atoms with van der Waals surface area (Å²) >= 11 is 8.97. The van der Waals surface area contributed by atoms with Crippen molar-refractivity contribution in [2.45, 2.75) is 0 Å². The molecule has 0 saturated carbocycles. The molecule has 0 heterocycles. The van der Waals surface area contributed by atoms with Gasteiger partial charge in [0.15, 0.2) is 0 Å². The first kappa shape index (κ1) is 14.6. The first-order chi connectivity index (χ1) is 8.45. The van der Waals surface area contributed by atoms with Gasteiger partial charge in [-0.25, -0.2) is 0 Å². The van der Waals surface area contributed by atoms with Crippen LogP contribution in [0.3, 0.4) is 0 Å². The van der Waals surface area contributed by atoms with E-state index < -0.39 is 18.4 Å². The van der Waals surface area contributed by atoms with E-state index in [0.717, 1.165) is 4.90 Å². The quantitative estimate of drug-likeness (QED) is 0.862. The maximum absolute atomic E-state index is 12.1. The van der Waals surface area contributed by atoms with Crippen LogP contribution >= 0.6 is 27.5 Å². The number of carboxylic acid groups (broad SMARTS) is 1. The molecule has 0 atom stereocenters. The van der Waals surface area contributed by atoms with Gasteiger partial charge in [0.2, 0.25) is 0 Å². The Hall–Kier alpha value is -1.51. The van der Waals surface area contributed by atoms with Gasteiger partial charge in [-0.1, -0.05) is 17.5 Å². The first-order valence-electron chi connectivity index (χ1n) is 4.85. The molecular formula is C12H9BrClNO3. The molecule has 0 unspecified atom stereocenters. The number of carbonyl (C=O) groups is 2. The number of hydrogen-bond acceptors (Lipinski definition) is 2. The fraction of sp³-hybridized carbons (Fsp3) is 0.167. The molecule has 6 heteroatoms. The van der Waals surface area contributed by atoms with Crippen molar-refractivity contribution in [1.29, 1.82) is 0 Å². The third-order valence-electron chi connectivity index (χ3n) is 2.06. The minimum atomic E-state index is -1.12. The van der Waals surface area contributed by atoms with Crippen LogP contribution in [0.5, 0.6) is 0 Å². The Morgan fingerprint density at radius 2 is 2.17 bits per heavy atom. The molecule has 0 aliphatic carbocycles. The number of nitrogens with zero attached hydrogens (tertiary/aromatic N) is 1. The Balaban J connectivity index is 3.02. The van der Waals surface area contributed by atoms with Crippen LogP contribution in [0, 0.1) is 12.3 Å². The molecule has 0 spiro atoms. The zero-order valence-corrected chi connectivity index (χ0v) is 11.5. The van der Waals surface area contributed by atoms with Crippen molar-refractivity contribution in [3.05, 3.63) is 33.3 Å². The second-order valence-electron chi connectivity index (χ2n) is 3.38. The normalized spacial score (nSPS) is 9.61. The topological polar surface area (TPSA) is 57.6 Å². The van der Waals surface area contributed by atoms with Crippen molar-refractivity contribution < 1.29 is 14.7 Å². The number of amides is 1. The summed E-state index contributed by atoms with van der Waals surface area (Å²) in [6.45, 7) is -0.516. The van der Waals surface area contributed by atoms with E-state index in [-0.39, 0.29) is 6.54 Å². The minimum Gasteiger partial charge on any atom is -0.480 e. The van der Waals surface area contributed by atoms with E-state index in [1.54, 1.807) is 12.1 Å². The maximum Gasteiger partial charge on any atom is 0.323 e. The van der Waals surface area contributed by atoms with Crippen LogP contribution in [0.2, 0.25) is 5.02 Å². The molecule has 0 saturated heterocycles. The molecule has 94 valence electrons. The molecule has 0 aliphatic heterocycles. The lowest BCUT2D eigenvalue weighted by molar-refractivity contribution is -0.137. The number of carbonyl (C=O) groups excluding carboxylic acids is 1. The number of halogens is 2. The molecule has 1 aromatic carbocycles. The van der Waals surface area contributed by atoms with Gasteiger partial charge in [-0.15, -0.1) is 6.42 Å². The van der Waals surface area contributed by atoms with Gasteiger partial charge in [0.25, 0.3) is 5.91 Å². The average molecular weight is 331 g/mol. The maximum atomic E-state index is 12.1. The Morgan fingerprint density at radius 3 is 2.67 bits per heavy atom. The molecule has 1 aromatic rings. The number of aliphatic carboxylic acids is 1. The van der Waals surface area contributed by atoms with Crippen molar-refractivity contribution >= 4 is 39.4 Å². The summed E-state index contributed by atoms with van der Waals surface area (Å²) in [6, 6.07) is 4.62. The van der Waals surface area contributed by atoms with E-state index in [1.807, 2.05) is 0 Å². The van der Waals surface area contributed by atoms with Gasteiger partial charge >= 0.3 is 5.97 Å². The molecule has 1 N–H and O–H groups in total. The van der Waals surface area contributed by atoms with E-state index in [4.69, 9.17) is 23.1 Å². The van der Waals surface area contributed by atoms with Crippen LogP contribution in [0.1, 0.15) is 10.4 Å². The smallest absolute Gasteiger partial charge is 0.323 e. The summed E-state index contributed by atoms with van der Waals surface area (Å²) in [5.74, 6) is 0.674. The van der Waals surface area contributed by atoms with E-state index in [0.29, 0.717) is 15.1 Å². The van der Waals surface area contributed by atoms with Crippen molar-refractivity contribution in [2.24, 2.45) is 0 Å². The van der Waals surface area contributed by atoms with Crippen LogP contribution in [-0.2, 0) is 4.79 Å². The zero-order chi connectivity index (χ0) is 13.7. The van der Waals surface area contributed by atoms with Gasteiger partial charge in [-0.2, -0.15) is 0 Å². The molecule has 1 rings (SSSR count). The van der Waals surface area contributed by atoms with E-state index in [1.165, 1.54) is 6.07 Å². The van der Waals surface area contributed by atoms with Gasteiger partial charge < -0.3 is 10.0 Å². The number of benzene rings is 1. The monoisotopic (exact) mass is 329 g/mol. The second-order valence-corrected chi connectivity index (χ2v) is 4.67. The minimum absolute atomic E-state index is 0.0692. The highest BCUT2D eigenvalue weighted by atomic mass is 79.9. The van der Waals surface area contributed by atoms with Crippen LogP contribution < -0.4 is 0 Å². The molecular weight excluding hydrogens is 321 g/mol. The van der Waals surface area contributed by atoms with Crippen molar-refractivity contribution in [1.82, 2.24) is 4.90 Å². The lowest BCUT2D eigenvalue weighted by atomic mass is 10.2. The second kappa shape index (κ2) is 6.43. The van der Waals surface area contributed by atoms with Gasteiger partial charge in [0.05, 0.1) is 12.1 Å². The summed E-state index contributed by atoms with van der Waals surface area (Å²) < 4.78 is 0.493. The van der Waals surface area contributed by atoms with Crippen LogP contribution in [0.15, 0.2) is 22.7 Å². The highest BCUT2D eigenvalue weighted by Crippen LogP contribution is 2.22. The Morgan fingerprint density at radius 1 is 1.50 bits per heavy atom. The summed E-state index contributed by atoms with van der Waals surface area (Å²) in [7, 11) is 0. The largest absolute Gasteiger partial charge is 0.480 e. The van der Waals surface area contributed by atoms with Gasteiger partial charge in [0, 0.05) is 9.50 Å². The lowest BCUT2D eigenvalue weighted by Crippen LogP contribution is -2.36. The predicted octanol–water partition coefficient (Wildman–Crippen LogP) is 2.26. The first-order valence-corrected chi connectivity index (χ1v) is 6.02. The summed E-state index contributed by atoms with van der Waals surface area (Å²) in [5.41, 5.74) is 0.316. The Labute approximate surface area is 118 Å². The molecule has 1 amide bonds. The van der Waals surface area contributed by atoms with Crippen molar-refractivity contribution in [3.8, 4) is 12.3 Å². The lowest BCUT2D eigenvalue weighted by Gasteiger charge is -2.18. The Bertz CT molecular complexity index is 525. The van der Waals surface area contributed by atoms with E-state index in [9.17, 15) is 9.59 Å². The molecule has 0 bridgehead atoms. The molecule has 0 radical (unpaired) electrons. The van der Waals surface area contributed by atoms with Gasteiger partial charge in [-0.05, 0) is 34.1 Å². The fourth-order valence-corrected chi connectivity index (χ4v) is 2.16. The number of carboxylic acids is 1. The molecule has 18 heavy (non-hydrogen) atoms. The number of terminal acetylenes is 1. The summed E-state index contributed by atoms with van der Waals surface area (Å²) in [5, 5.41) is 9.20. The van der Waals surface area contributed by atoms with Crippen molar-refractivity contribution in [2.75, 3.05) is 13.1 Å². The van der Waals surface area contributed by atoms with Crippen LogP contribution in [-0.4, -0.2) is 35.0 Å². The fourth-order valence-electron chi connectivity index (χ4n) is 1.31. The number of hydrogen-bond donors (Lipinski definition) is 1. The van der Waals surface area contributed by atoms with Gasteiger partial charge in [0.1, 0.15) is 6.54 Å². The standard InChI is InChI=1S/C12H9BrClNO3/c1-2-5-15(7-11(16)17)12(18)9-4-3-8(14)6-10(9)13/h1,3-4,6H,5,7H2,(H,16,17). The Kier molecular flexibility index (Phi) is 5.20. The van der Waals surface area contributed by atoms with E-state index in [2.05, 4.69) is 21.9 Å². The zero-order valence-electron chi connectivity index (χ0n) is 9.19. The number of rotatable bonds is 4. The van der Waals surface area contributed by atoms with Gasteiger partial charge in [-0.3, -0.25) is 9.59 Å². The van der Waals surface area contributed by atoms with Crippen molar-refractivity contribution in [3.63, 3.8) is 0 Å². The summed E-state index contributed by atoms with van der Waals surface area (Å²) in [6.07, 6.45) is 5.11.